The first-order valence-corrected chi connectivity index (χ1v) is 8.73. The van der Waals surface area contributed by atoms with Crippen LogP contribution in [-0.4, -0.2) is 30.9 Å². The molecule has 0 N–H and O–H groups in total. The minimum Gasteiger partial charge on any atom is -0.452 e. The second-order valence-electron chi connectivity index (χ2n) is 7.73. The van der Waals surface area contributed by atoms with Crippen LogP contribution in [0.5, 0.6) is 11.5 Å². The lowest BCUT2D eigenvalue weighted by Crippen LogP contribution is -2.25. The number of hydrogen-bond donors (Lipinski definition) is 0. The summed E-state index contributed by atoms with van der Waals surface area (Å²) in [7, 11) is 3.20. The van der Waals surface area contributed by atoms with E-state index in [2.05, 4.69) is 32.9 Å². The van der Waals surface area contributed by atoms with Crippen LogP contribution in [0.15, 0.2) is 48.2 Å². The molecular weight excluding hydrogens is 342 g/mol. The van der Waals surface area contributed by atoms with E-state index >= 15 is 0 Å². The van der Waals surface area contributed by atoms with Crippen molar-refractivity contribution < 1.29 is 19.1 Å². The summed E-state index contributed by atoms with van der Waals surface area (Å²) in [6, 6.07) is 12.8. The lowest BCUT2D eigenvalue weighted by molar-refractivity contribution is 0.101. The second-order valence-corrected chi connectivity index (χ2v) is 7.73. The maximum Gasteiger partial charge on any atom is 0.414 e. The summed E-state index contributed by atoms with van der Waals surface area (Å²) in [5.74, 6) is 0.789. The Morgan fingerprint density at radius 1 is 1.07 bits per heavy atom. The number of benzene rings is 2. The number of ether oxygens (including phenoxy) is 2. The van der Waals surface area contributed by atoms with Crippen LogP contribution >= 0.6 is 0 Å². The minimum absolute atomic E-state index is 0.0714. The Hall–Kier alpha value is -3.08. The van der Waals surface area contributed by atoms with Crippen molar-refractivity contribution in [3.63, 3.8) is 0 Å². The molecule has 1 aliphatic heterocycles. The number of carbonyl (C=O) groups excluding carboxylic acids is 2. The predicted molar refractivity (Wildman–Crippen MR) is 104 cm³/mol. The molecule has 1 amide bonds. The van der Waals surface area contributed by atoms with Crippen molar-refractivity contribution in [3.05, 3.63) is 64.9 Å². The van der Waals surface area contributed by atoms with Gasteiger partial charge in [0.2, 0.25) is 5.78 Å². The van der Waals surface area contributed by atoms with E-state index in [-0.39, 0.29) is 17.0 Å². The number of amides is 1. The second kappa shape index (κ2) is 6.91. The number of allylic oxidation sites excluding steroid dienone is 1. The van der Waals surface area contributed by atoms with Crippen LogP contribution in [0.3, 0.4) is 0 Å². The molecule has 0 unspecified atom stereocenters. The van der Waals surface area contributed by atoms with E-state index in [1.54, 1.807) is 38.4 Å². The summed E-state index contributed by atoms with van der Waals surface area (Å²) in [4.78, 5) is 25.5. The fraction of sp³-hybridized carbons (Fsp3) is 0.273. The highest BCUT2D eigenvalue weighted by Crippen LogP contribution is 2.35. The smallest absolute Gasteiger partial charge is 0.414 e. The zero-order valence-electron chi connectivity index (χ0n) is 16.2. The van der Waals surface area contributed by atoms with E-state index in [9.17, 15) is 9.59 Å². The Morgan fingerprint density at radius 3 is 2.33 bits per heavy atom. The highest BCUT2D eigenvalue weighted by Gasteiger charge is 2.28. The zero-order chi connectivity index (χ0) is 19.8. The Labute approximate surface area is 159 Å². The topological polar surface area (TPSA) is 55.8 Å². The van der Waals surface area contributed by atoms with Gasteiger partial charge in [0.15, 0.2) is 5.76 Å². The van der Waals surface area contributed by atoms with Crippen molar-refractivity contribution in [1.82, 2.24) is 4.90 Å². The van der Waals surface area contributed by atoms with E-state index in [0.717, 1.165) is 5.56 Å². The normalized spacial score (nSPS) is 14.7. The summed E-state index contributed by atoms with van der Waals surface area (Å²) in [6.45, 7) is 6.46. The number of carbonyl (C=O) groups is 2. The van der Waals surface area contributed by atoms with Crippen LogP contribution in [0.25, 0.3) is 6.08 Å². The van der Waals surface area contributed by atoms with Gasteiger partial charge in [-0.25, -0.2) is 4.79 Å². The molecule has 1 aliphatic rings. The Balaban J connectivity index is 1.82. The fourth-order valence-corrected chi connectivity index (χ4v) is 2.65. The van der Waals surface area contributed by atoms with Crippen LogP contribution in [0, 0.1) is 0 Å². The molecular formula is C22H23NO4. The van der Waals surface area contributed by atoms with Crippen LogP contribution in [0.4, 0.5) is 4.79 Å². The molecule has 0 bridgehead atoms. The highest BCUT2D eigenvalue weighted by atomic mass is 16.6. The molecule has 5 nitrogen and oxygen atoms in total. The molecule has 0 spiro atoms. The summed E-state index contributed by atoms with van der Waals surface area (Å²) in [6.07, 6.45) is 1.23. The Kier molecular flexibility index (Phi) is 4.79. The van der Waals surface area contributed by atoms with Gasteiger partial charge in [-0.3, -0.25) is 4.79 Å². The predicted octanol–water partition coefficient (Wildman–Crippen LogP) is 4.66. The number of rotatable bonds is 2. The van der Waals surface area contributed by atoms with E-state index in [0.29, 0.717) is 17.1 Å². The van der Waals surface area contributed by atoms with Crippen molar-refractivity contribution in [2.45, 2.75) is 26.2 Å². The Bertz CT molecular complexity index is 918. The third-order valence-corrected chi connectivity index (χ3v) is 4.29. The molecule has 1 heterocycles. The quantitative estimate of drug-likeness (QED) is 0.726. The Morgan fingerprint density at radius 2 is 1.74 bits per heavy atom. The first-order chi connectivity index (χ1) is 12.6. The number of nitrogens with zero attached hydrogens (tertiary/aromatic N) is 1. The molecule has 0 aromatic heterocycles. The summed E-state index contributed by atoms with van der Waals surface area (Å²) in [5, 5.41) is 0. The SMILES string of the molecule is CN(C)C(=O)Oc1ccc2c(c1)O/C(=C\c1ccc(C(C)(C)C)cc1)C2=O. The molecule has 0 saturated carbocycles. The molecule has 0 fully saturated rings. The molecule has 2 aromatic rings. The number of fused-ring (bicyclic) bond motifs is 1. The summed E-state index contributed by atoms with van der Waals surface area (Å²) in [5.41, 5.74) is 2.64. The minimum atomic E-state index is -0.492. The highest BCUT2D eigenvalue weighted by molar-refractivity contribution is 6.14. The molecule has 0 radical (unpaired) electrons. The van der Waals surface area contributed by atoms with Crippen LogP contribution in [0.2, 0.25) is 0 Å². The molecule has 5 heteroatoms. The van der Waals surface area contributed by atoms with Gasteiger partial charge in [0.25, 0.3) is 0 Å². The third kappa shape index (κ3) is 4.03. The van der Waals surface area contributed by atoms with Crippen molar-refractivity contribution in [3.8, 4) is 11.5 Å². The fourth-order valence-electron chi connectivity index (χ4n) is 2.65. The van der Waals surface area contributed by atoms with Crippen LogP contribution < -0.4 is 9.47 Å². The van der Waals surface area contributed by atoms with Crippen LogP contribution in [-0.2, 0) is 5.41 Å². The lowest BCUT2D eigenvalue weighted by Gasteiger charge is -2.18. The summed E-state index contributed by atoms with van der Waals surface area (Å²) >= 11 is 0. The van der Waals surface area contributed by atoms with Gasteiger partial charge in [-0.05, 0) is 34.8 Å². The van der Waals surface area contributed by atoms with Crippen molar-refractivity contribution in [1.29, 1.82) is 0 Å². The largest absolute Gasteiger partial charge is 0.452 e. The molecule has 0 atom stereocenters. The number of Topliss-reactive ketones (excluding diaryl/α,β-unsaturated/α-hetero) is 1. The van der Waals surface area contributed by atoms with Gasteiger partial charge < -0.3 is 14.4 Å². The van der Waals surface area contributed by atoms with Gasteiger partial charge in [-0.1, -0.05) is 45.0 Å². The average Bonchev–Trinajstić information content (AvgIpc) is 2.90. The van der Waals surface area contributed by atoms with E-state index in [1.807, 2.05) is 12.1 Å². The lowest BCUT2D eigenvalue weighted by atomic mass is 9.86. The van der Waals surface area contributed by atoms with Gasteiger partial charge >= 0.3 is 6.09 Å². The van der Waals surface area contributed by atoms with Crippen LogP contribution in [0.1, 0.15) is 42.3 Å². The van der Waals surface area contributed by atoms with Crippen molar-refractivity contribution in [2.24, 2.45) is 0 Å². The molecule has 2 aromatic carbocycles. The maximum atomic E-state index is 12.6. The number of hydrogen-bond acceptors (Lipinski definition) is 4. The van der Waals surface area contributed by atoms with Gasteiger partial charge in [0, 0.05) is 20.2 Å². The molecule has 140 valence electrons. The van der Waals surface area contributed by atoms with Gasteiger partial charge in [-0.15, -0.1) is 0 Å². The first kappa shape index (κ1) is 18.7. The van der Waals surface area contributed by atoms with E-state index < -0.39 is 6.09 Å². The van der Waals surface area contributed by atoms with Crippen molar-refractivity contribution >= 4 is 18.0 Å². The van der Waals surface area contributed by atoms with Gasteiger partial charge in [0.1, 0.15) is 11.5 Å². The third-order valence-electron chi connectivity index (χ3n) is 4.29. The van der Waals surface area contributed by atoms with Crippen molar-refractivity contribution in [2.75, 3.05) is 14.1 Å². The van der Waals surface area contributed by atoms with Gasteiger partial charge in [-0.2, -0.15) is 0 Å². The van der Waals surface area contributed by atoms with E-state index in [1.165, 1.54) is 10.5 Å². The molecule has 27 heavy (non-hydrogen) atoms. The molecule has 3 rings (SSSR count). The standard InChI is InChI=1S/C22H23NO4/c1-22(2,3)15-8-6-14(7-9-15)12-19-20(24)17-11-10-16(13-18(17)27-19)26-21(25)23(4)5/h6-13H,1-5H3/b19-12-. The monoisotopic (exact) mass is 365 g/mol. The molecule has 0 aliphatic carbocycles. The zero-order valence-corrected chi connectivity index (χ0v) is 16.2. The maximum absolute atomic E-state index is 12.6. The number of ketones is 1. The van der Waals surface area contributed by atoms with Gasteiger partial charge in [0.05, 0.1) is 5.56 Å². The van der Waals surface area contributed by atoms with E-state index in [4.69, 9.17) is 9.47 Å². The summed E-state index contributed by atoms with van der Waals surface area (Å²) < 4.78 is 10.9. The first-order valence-electron chi connectivity index (χ1n) is 8.73. The average molecular weight is 365 g/mol. The molecule has 0 saturated heterocycles.